The van der Waals surface area contributed by atoms with Gasteiger partial charge in [-0.3, -0.25) is 14.0 Å². The summed E-state index contributed by atoms with van der Waals surface area (Å²) in [6, 6.07) is 14.0. The van der Waals surface area contributed by atoms with E-state index in [0.29, 0.717) is 21.2 Å². The quantitative estimate of drug-likeness (QED) is 0.494. The van der Waals surface area contributed by atoms with E-state index in [-0.39, 0.29) is 19.1 Å². The summed E-state index contributed by atoms with van der Waals surface area (Å²) in [5, 5.41) is 3.68. The Morgan fingerprint density at radius 3 is 2.45 bits per heavy atom. The van der Waals surface area contributed by atoms with Crippen molar-refractivity contribution in [2.45, 2.75) is 20.1 Å². The molecule has 3 aromatic rings. The molecule has 0 aliphatic carbocycles. The molecule has 0 fully saturated rings. The van der Waals surface area contributed by atoms with Crippen LogP contribution in [-0.2, 0) is 27.5 Å². The minimum atomic E-state index is -3.63. The van der Waals surface area contributed by atoms with Crippen molar-refractivity contribution in [1.82, 2.24) is 10.3 Å². The summed E-state index contributed by atoms with van der Waals surface area (Å²) in [5.41, 5.74) is 4.15. The van der Waals surface area contributed by atoms with Gasteiger partial charge >= 0.3 is 0 Å². The molecule has 0 spiro atoms. The normalized spacial score (nSPS) is 11.4. The Labute approximate surface area is 191 Å². The first kappa shape index (κ1) is 23.2. The van der Waals surface area contributed by atoms with Gasteiger partial charge in [0.15, 0.2) is 0 Å². The number of hydrogen-bond acceptors (Lipinski definition) is 5. The number of nitrogens with zero attached hydrogens (tertiary/aromatic N) is 1. The number of rotatable bonds is 7. The van der Waals surface area contributed by atoms with Gasteiger partial charge in [0.1, 0.15) is 0 Å². The van der Waals surface area contributed by atoms with E-state index in [1.165, 1.54) is 0 Å². The topological polar surface area (TPSA) is 85.4 Å². The molecule has 6 nitrogen and oxygen atoms in total. The summed E-state index contributed by atoms with van der Waals surface area (Å²) >= 11 is 12.0. The molecule has 0 aliphatic heterocycles. The minimum Gasteiger partial charge on any atom is -0.348 e. The number of nitrogens with one attached hydrogen (secondary N) is 1. The van der Waals surface area contributed by atoms with Crippen molar-refractivity contribution in [2.24, 2.45) is 0 Å². The number of pyridine rings is 1. The smallest absolute Gasteiger partial charge is 0.264 e. The average molecular weight is 479 g/mol. The summed E-state index contributed by atoms with van der Waals surface area (Å²) in [6.07, 6.45) is 2.66. The first-order valence-corrected chi connectivity index (χ1v) is 11.8. The van der Waals surface area contributed by atoms with Gasteiger partial charge in [0.2, 0.25) is 0 Å². The summed E-state index contributed by atoms with van der Waals surface area (Å²) in [7, 11) is -3.63. The Morgan fingerprint density at radius 1 is 1.00 bits per heavy atom. The lowest BCUT2D eigenvalue weighted by Gasteiger charge is -2.12. The summed E-state index contributed by atoms with van der Waals surface area (Å²) < 4.78 is 27.7. The number of aromatic nitrogens is 1. The molecule has 0 saturated heterocycles. The highest BCUT2D eigenvalue weighted by Gasteiger charge is 2.12. The van der Waals surface area contributed by atoms with Crippen molar-refractivity contribution in [3.63, 3.8) is 0 Å². The van der Waals surface area contributed by atoms with Gasteiger partial charge < -0.3 is 5.32 Å². The Hall–Kier alpha value is -2.45. The number of carbonyl (C=O) groups excluding carboxylic acids is 1. The molecule has 2 aromatic carbocycles. The number of halogens is 2. The molecule has 0 aliphatic rings. The maximum Gasteiger partial charge on any atom is 0.264 e. The Balaban J connectivity index is 1.88. The molecule has 162 valence electrons. The third-order valence-corrected chi connectivity index (χ3v) is 5.65. The van der Waals surface area contributed by atoms with Crippen LogP contribution in [0.15, 0.2) is 54.7 Å². The lowest BCUT2D eigenvalue weighted by atomic mass is 9.99. The first-order chi connectivity index (χ1) is 14.6. The van der Waals surface area contributed by atoms with Crippen LogP contribution in [0.3, 0.4) is 0 Å². The highest BCUT2D eigenvalue weighted by atomic mass is 35.5. The van der Waals surface area contributed by atoms with Gasteiger partial charge in [0.05, 0.1) is 22.9 Å². The molecule has 31 heavy (non-hydrogen) atoms. The van der Waals surface area contributed by atoms with Crippen LogP contribution in [0.25, 0.3) is 11.1 Å². The van der Waals surface area contributed by atoms with Crippen LogP contribution in [0.1, 0.15) is 27.2 Å². The van der Waals surface area contributed by atoms with Gasteiger partial charge in [-0.25, -0.2) is 0 Å². The van der Waals surface area contributed by atoms with E-state index >= 15 is 0 Å². The SMILES string of the molecule is Cc1cc(-c2cc(COS(C)(=O)=O)cc(C(=O)NCc3ccc(Cl)c(Cl)c3)c2)ccn1. The van der Waals surface area contributed by atoms with Gasteiger partial charge in [-0.1, -0.05) is 29.3 Å². The lowest BCUT2D eigenvalue weighted by Crippen LogP contribution is -2.23. The largest absolute Gasteiger partial charge is 0.348 e. The zero-order valence-corrected chi connectivity index (χ0v) is 19.2. The molecule has 0 atom stereocenters. The third kappa shape index (κ3) is 6.77. The van der Waals surface area contributed by atoms with Gasteiger partial charge in [-0.2, -0.15) is 8.42 Å². The fourth-order valence-corrected chi connectivity index (χ4v) is 3.58. The highest BCUT2D eigenvalue weighted by molar-refractivity contribution is 7.85. The van der Waals surface area contributed by atoms with E-state index in [4.69, 9.17) is 27.4 Å². The van der Waals surface area contributed by atoms with Crippen molar-refractivity contribution in [1.29, 1.82) is 0 Å². The van der Waals surface area contributed by atoms with E-state index in [0.717, 1.165) is 28.6 Å². The van der Waals surface area contributed by atoms with Gasteiger partial charge in [-0.15, -0.1) is 0 Å². The van der Waals surface area contributed by atoms with Crippen LogP contribution >= 0.6 is 23.2 Å². The fraction of sp³-hybridized carbons (Fsp3) is 0.182. The number of aryl methyl sites for hydroxylation is 1. The van der Waals surface area contributed by atoms with E-state index < -0.39 is 10.1 Å². The second-order valence-electron chi connectivity index (χ2n) is 7.00. The molecule has 9 heteroatoms. The molecular weight excluding hydrogens is 459 g/mol. The standard InChI is InChI=1S/C22H20Cl2N2O4S/c1-14-7-17(5-6-25-14)18-8-16(13-30-31(2,28)29)9-19(11-18)22(27)26-12-15-3-4-20(23)21(24)10-15/h3-11H,12-13H2,1-2H3,(H,26,27). The molecule has 1 aromatic heterocycles. The van der Waals surface area contributed by atoms with E-state index in [2.05, 4.69) is 10.3 Å². The van der Waals surface area contributed by atoms with Crippen LogP contribution in [0.5, 0.6) is 0 Å². The number of benzene rings is 2. The third-order valence-electron chi connectivity index (χ3n) is 4.36. The van der Waals surface area contributed by atoms with Crippen molar-refractivity contribution in [2.75, 3.05) is 6.26 Å². The molecule has 0 saturated carbocycles. The fourth-order valence-electron chi connectivity index (χ4n) is 2.91. The van der Waals surface area contributed by atoms with Crippen LogP contribution < -0.4 is 5.32 Å². The van der Waals surface area contributed by atoms with Crippen molar-refractivity contribution in [3.8, 4) is 11.1 Å². The molecule has 0 unspecified atom stereocenters. The zero-order chi connectivity index (χ0) is 22.6. The van der Waals surface area contributed by atoms with Crippen molar-refractivity contribution >= 4 is 39.2 Å². The summed E-state index contributed by atoms with van der Waals surface area (Å²) in [6.45, 7) is 1.94. The molecule has 1 heterocycles. The summed E-state index contributed by atoms with van der Waals surface area (Å²) in [4.78, 5) is 17.0. The van der Waals surface area contributed by atoms with Crippen molar-refractivity contribution < 1.29 is 17.4 Å². The predicted octanol–water partition coefficient (Wildman–Crippen LogP) is 4.77. The maximum atomic E-state index is 12.8. The highest BCUT2D eigenvalue weighted by Crippen LogP contribution is 2.25. The Bertz CT molecular complexity index is 1230. The van der Waals surface area contributed by atoms with Crippen LogP contribution in [0, 0.1) is 6.92 Å². The molecule has 1 amide bonds. The monoisotopic (exact) mass is 478 g/mol. The van der Waals surface area contributed by atoms with Crippen molar-refractivity contribution in [3.05, 3.63) is 87.2 Å². The Morgan fingerprint density at radius 2 is 1.77 bits per heavy atom. The average Bonchev–Trinajstić information content (AvgIpc) is 2.72. The number of hydrogen-bond donors (Lipinski definition) is 1. The van der Waals surface area contributed by atoms with Crippen LogP contribution in [0.4, 0.5) is 0 Å². The van der Waals surface area contributed by atoms with E-state index in [1.807, 2.05) is 19.1 Å². The molecule has 1 N–H and O–H groups in total. The first-order valence-electron chi connectivity index (χ1n) is 9.24. The number of carbonyl (C=O) groups is 1. The van der Waals surface area contributed by atoms with Crippen LogP contribution in [0.2, 0.25) is 10.0 Å². The molecule has 3 rings (SSSR count). The molecular formula is C22H20Cl2N2O4S. The van der Waals surface area contributed by atoms with Gasteiger partial charge in [0, 0.05) is 24.0 Å². The van der Waals surface area contributed by atoms with E-state index in [1.54, 1.807) is 42.6 Å². The number of amides is 1. The lowest BCUT2D eigenvalue weighted by molar-refractivity contribution is 0.0951. The maximum absolute atomic E-state index is 12.8. The minimum absolute atomic E-state index is 0.177. The summed E-state index contributed by atoms with van der Waals surface area (Å²) in [5.74, 6) is -0.320. The second-order valence-corrected chi connectivity index (χ2v) is 9.46. The van der Waals surface area contributed by atoms with Gasteiger partial charge in [-0.05, 0) is 71.6 Å². The predicted molar refractivity (Wildman–Crippen MR) is 122 cm³/mol. The molecule has 0 radical (unpaired) electrons. The molecule has 0 bridgehead atoms. The zero-order valence-electron chi connectivity index (χ0n) is 16.9. The second kappa shape index (κ2) is 9.78. The van der Waals surface area contributed by atoms with Crippen LogP contribution in [-0.4, -0.2) is 25.6 Å². The van der Waals surface area contributed by atoms with Gasteiger partial charge in [0.25, 0.3) is 16.0 Å². The Kier molecular flexibility index (Phi) is 7.33. The van der Waals surface area contributed by atoms with E-state index in [9.17, 15) is 13.2 Å².